The van der Waals surface area contributed by atoms with Gasteiger partial charge in [0.25, 0.3) is 0 Å². The van der Waals surface area contributed by atoms with Gasteiger partial charge in [0.15, 0.2) is 5.84 Å². The Bertz CT molecular complexity index is 983. The molecule has 25 heavy (non-hydrogen) atoms. The van der Waals surface area contributed by atoms with Crippen molar-refractivity contribution in [1.29, 1.82) is 0 Å². The zero-order valence-corrected chi connectivity index (χ0v) is 14.1. The summed E-state index contributed by atoms with van der Waals surface area (Å²) < 4.78 is 45.3. The summed E-state index contributed by atoms with van der Waals surface area (Å²) in [5.74, 6) is 0.755. The molecule has 2 aliphatic rings. The molecule has 8 heteroatoms. The normalized spacial score (nSPS) is 16.8. The fourth-order valence-electron chi connectivity index (χ4n) is 2.71. The molecule has 2 aromatic rings. The molecule has 0 fully saturated rings. The predicted octanol–water partition coefficient (Wildman–Crippen LogP) is 5.03. The summed E-state index contributed by atoms with van der Waals surface area (Å²) >= 11 is 3.18. The topological polar surface area (TPSA) is 50.8 Å². The molecule has 0 bridgehead atoms. The van der Waals surface area contributed by atoms with Crippen LogP contribution in [0, 0.1) is 0 Å². The minimum Gasteiger partial charge on any atom is -0.352 e. The lowest BCUT2D eigenvalue weighted by atomic mass is 9.93. The molecule has 0 atom stereocenters. The number of hydrogen-bond donors (Lipinski definition) is 0. The third-order valence-electron chi connectivity index (χ3n) is 3.82. The molecule has 0 saturated heterocycles. The first-order valence-corrected chi connectivity index (χ1v) is 8.09. The van der Waals surface area contributed by atoms with E-state index in [9.17, 15) is 13.2 Å². The second-order valence-corrected chi connectivity index (χ2v) is 6.26. The van der Waals surface area contributed by atoms with Crippen molar-refractivity contribution in [2.24, 2.45) is 9.98 Å². The lowest BCUT2D eigenvalue weighted by Crippen LogP contribution is -2.10. The number of rotatable bonds is 2. The van der Waals surface area contributed by atoms with Crippen LogP contribution < -0.4 is 0 Å². The average Bonchev–Trinajstić information content (AvgIpc) is 3.19. The van der Waals surface area contributed by atoms with Crippen LogP contribution in [0.5, 0.6) is 0 Å². The first-order chi connectivity index (χ1) is 11.9. The summed E-state index contributed by atoms with van der Waals surface area (Å²) in [7, 11) is 0. The minimum atomic E-state index is -4.42. The number of aromatic nitrogens is 1. The van der Waals surface area contributed by atoms with Gasteiger partial charge in [-0.15, -0.1) is 0 Å². The molecule has 0 radical (unpaired) electrons. The van der Waals surface area contributed by atoms with Crippen LogP contribution in [-0.2, 0) is 6.18 Å². The summed E-state index contributed by atoms with van der Waals surface area (Å²) in [4.78, 5) is 8.73. The summed E-state index contributed by atoms with van der Waals surface area (Å²) in [6.07, 6.45) is -0.677. The largest absolute Gasteiger partial charge is 0.417 e. The van der Waals surface area contributed by atoms with Crippen molar-refractivity contribution in [3.8, 4) is 0 Å². The van der Waals surface area contributed by atoms with Gasteiger partial charge < -0.3 is 4.52 Å². The smallest absolute Gasteiger partial charge is 0.352 e. The van der Waals surface area contributed by atoms with Crippen LogP contribution in [0.3, 0.4) is 0 Å². The van der Waals surface area contributed by atoms with Crippen molar-refractivity contribution in [2.45, 2.75) is 12.6 Å². The number of amidine groups is 1. The van der Waals surface area contributed by atoms with Crippen LogP contribution in [0.1, 0.15) is 23.3 Å². The average molecular weight is 408 g/mol. The van der Waals surface area contributed by atoms with Crippen LogP contribution >= 0.6 is 15.9 Å². The Balaban J connectivity index is 1.72. The van der Waals surface area contributed by atoms with Crippen LogP contribution in [0.4, 0.5) is 13.2 Å². The number of halogens is 4. The molecule has 4 rings (SSSR count). The number of fused-ring (bicyclic) bond motifs is 1. The van der Waals surface area contributed by atoms with Crippen molar-refractivity contribution in [3.63, 3.8) is 0 Å². The molecule has 1 aromatic heterocycles. The SMILES string of the molecule is FC(F)(F)c1ccccc1C1=CCC2=NC(c3cc(Br)no3)=NC2=C1. The number of aliphatic imine (C=N–C) groups is 2. The highest BCUT2D eigenvalue weighted by molar-refractivity contribution is 9.10. The predicted molar refractivity (Wildman–Crippen MR) is 90.3 cm³/mol. The molecular weight excluding hydrogens is 399 g/mol. The third-order valence-corrected chi connectivity index (χ3v) is 4.19. The first-order valence-electron chi connectivity index (χ1n) is 7.29. The Labute approximate surface area is 148 Å². The Morgan fingerprint density at radius 1 is 1.12 bits per heavy atom. The molecule has 0 saturated carbocycles. The molecule has 126 valence electrons. The monoisotopic (exact) mass is 407 g/mol. The second-order valence-electron chi connectivity index (χ2n) is 5.44. The number of alkyl halides is 3. The van der Waals surface area contributed by atoms with E-state index in [0.717, 1.165) is 6.07 Å². The Morgan fingerprint density at radius 3 is 2.64 bits per heavy atom. The number of benzene rings is 1. The van der Waals surface area contributed by atoms with E-state index in [1.807, 2.05) is 0 Å². The molecule has 1 aliphatic carbocycles. The molecule has 0 unspecified atom stereocenters. The molecule has 1 aromatic carbocycles. The van der Waals surface area contributed by atoms with E-state index in [-0.39, 0.29) is 5.56 Å². The second kappa shape index (κ2) is 5.80. The molecule has 0 N–H and O–H groups in total. The van der Waals surface area contributed by atoms with Crippen molar-refractivity contribution in [1.82, 2.24) is 5.16 Å². The quantitative estimate of drug-likeness (QED) is 0.700. The van der Waals surface area contributed by atoms with E-state index >= 15 is 0 Å². The van der Waals surface area contributed by atoms with Crippen molar-refractivity contribution < 1.29 is 17.7 Å². The van der Waals surface area contributed by atoms with Crippen LogP contribution in [0.25, 0.3) is 5.57 Å². The van der Waals surface area contributed by atoms with Gasteiger partial charge in [0, 0.05) is 12.5 Å². The summed E-state index contributed by atoms with van der Waals surface area (Å²) in [5, 5.41) is 3.71. The van der Waals surface area contributed by atoms with Crippen LogP contribution in [-0.4, -0.2) is 16.7 Å². The van der Waals surface area contributed by atoms with Crippen molar-refractivity contribution in [2.75, 3.05) is 0 Å². The van der Waals surface area contributed by atoms with E-state index in [2.05, 4.69) is 31.1 Å². The van der Waals surface area contributed by atoms with Crippen LogP contribution in [0.2, 0.25) is 0 Å². The van der Waals surface area contributed by atoms with E-state index in [1.165, 1.54) is 12.1 Å². The highest BCUT2D eigenvalue weighted by Gasteiger charge is 2.34. The Hall–Kier alpha value is -2.48. The Kier molecular flexibility index (Phi) is 3.72. The fraction of sp³-hybridized carbons (Fsp3) is 0.118. The summed E-state index contributed by atoms with van der Waals surface area (Å²) in [6, 6.07) is 7.13. The fourth-order valence-corrected chi connectivity index (χ4v) is 2.99. The molecule has 2 heterocycles. The zero-order valence-electron chi connectivity index (χ0n) is 12.5. The van der Waals surface area contributed by atoms with Crippen molar-refractivity contribution in [3.05, 3.63) is 69.7 Å². The maximum absolute atomic E-state index is 13.2. The van der Waals surface area contributed by atoms with Gasteiger partial charge in [0.1, 0.15) is 4.60 Å². The van der Waals surface area contributed by atoms with Gasteiger partial charge in [-0.25, -0.2) is 9.98 Å². The highest BCUT2D eigenvalue weighted by Crippen LogP contribution is 2.37. The number of nitrogens with zero attached hydrogens (tertiary/aromatic N) is 3. The molecule has 0 spiro atoms. The van der Waals surface area contributed by atoms with E-state index in [0.29, 0.717) is 39.6 Å². The maximum atomic E-state index is 13.2. The molecule has 4 nitrogen and oxygen atoms in total. The van der Waals surface area contributed by atoms with E-state index in [1.54, 1.807) is 24.3 Å². The van der Waals surface area contributed by atoms with Crippen molar-refractivity contribution >= 4 is 33.1 Å². The van der Waals surface area contributed by atoms with Gasteiger partial charge in [0.05, 0.1) is 17.0 Å². The summed E-state index contributed by atoms with van der Waals surface area (Å²) in [5.41, 5.74) is 1.17. The number of hydrogen-bond acceptors (Lipinski definition) is 4. The van der Waals surface area contributed by atoms with Gasteiger partial charge >= 0.3 is 6.18 Å². The lowest BCUT2D eigenvalue weighted by molar-refractivity contribution is -0.137. The molecule has 0 amide bonds. The van der Waals surface area contributed by atoms with E-state index in [4.69, 9.17) is 4.52 Å². The van der Waals surface area contributed by atoms with Gasteiger partial charge in [-0.2, -0.15) is 13.2 Å². The molecule has 1 aliphatic heterocycles. The van der Waals surface area contributed by atoms with Gasteiger partial charge in [-0.05, 0) is 39.2 Å². The van der Waals surface area contributed by atoms with Gasteiger partial charge in [-0.3, -0.25) is 0 Å². The first kappa shape index (κ1) is 16.0. The van der Waals surface area contributed by atoms with Gasteiger partial charge in [-0.1, -0.05) is 29.4 Å². The third kappa shape index (κ3) is 2.97. The zero-order chi connectivity index (χ0) is 17.6. The summed E-state index contributed by atoms with van der Waals surface area (Å²) in [6.45, 7) is 0. The maximum Gasteiger partial charge on any atom is 0.417 e. The Morgan fingerprint density at radius 2 is 1.92 bits per heavy atom. The standard InChI is InChI=1S/C17H9BrF3N3O/c18-15-8-14(25-24-15)16-22-12-6-5-9(7-13(12)23-16)10-3-1-2-4-11(10)17(19,20)21/h1-5,7-8H,6H2. The highest BCUT2D eigenvalue weighted by atomic mass is 79.9. The van der Waals surface area contributed by atoms with E-state index < -0.39 is 11.7 Å². The minimum absolute atomic E-state index is 0.132. The van der Waals surface area contributed by atoms with Gasteiger partial charge in [0.2, 0.25) is 5.76 Å². The number of allylic oxidation sites excluding steroid dienone is 4. The van der Waals surface area contributed by atoms with Crippen LogP contribution in [0.15, 0.2) is 67.3 Å². The molecular formula is C17H9BrF3N3O. The lowest BCUT2D eigenvalue weighted by Gasteiger charge is -2.16.